The number of hydrogen-bond donors (Lipinski definition) is 0. The zero-order chi connectivity index (χ0) is 12.0. The van der Waals surface area contributed by atoms with E-state index in [9.17, 15) is 12.9 Å². The molecule has 0 aliphatic rings. The summed E-state index contributed by atoms with van der Waals surface area (Å²) in [4.78, 5) is 1.18. The minimum atomic E-state index is -4.88. The second-order valence-corrected chi connectivity index (χ2v) is 3.40. The van der Waals surface area contributed by atoms with Crippen molar-refractivity contribution in [3.63, 3.8) is 0 Å². The van der Waals surface area contributed by atoms with Gasteiger partial charge in [-0.3, -0.25) is 0 Å². The summed E-state index contributed by atoms with van der Waals surface area (Å²) < 4.78 is 37.1. The lowest BCUT2D eigenvalue weighted by Crippen LogP contribution is -2.38. The number of nitrogens with zero attached hydrogens (tertiary/aromatic N) is 2. The van der Waals surface area contributed by atoms with Crippen LogP contribution in [0.2, 0.25) is 0 Å². The first-order valence-electron chi connectivity index (χ1n) is 4.91. The number of anilines is 1. The van der Waals surface area contributed by atoms with Crippen LogP contribution in [-0.4, -0.2) is 20.0 Å². The fraction of sp³-hybridized carbons (Fsp3) is 0.300. The fourth-order valence-electron chi connectivity index (χ4n) is 1.40. The fourth-order valence-corrected chi connectivity index (χ4v) is 1.40. The summed E-state index contributed by atoms with van der Waals surface area (Å²) in [6.45, 7) is -4.78. The molecule has 1 rings (SSSR count). The first-order chi connectivity index (χ1) is 7.53. The number of benzene rings is 1. The average molecular weight is 227 g/mol. The maximum Gasteiger partial charge on any atom is 0.497 e. The van der Waals surface area contributed by atoms with Crippen LogP contribution in [0.3, 0.4) is 0 Å². The predicted octanol–water partition coefficient (Wildman–Crippen LogP) is 2.79. The average Bonchev–Trinajstić information content (AvgIpc) is 2.24. The molecule has 0 aliphatic heterocycles. The van der Waals surface area contributed by atoms with Crippen molar-refractivity contribution < 1.29 is 12.9 Å². The molecule has 16 heavy (non-hydrogen) atoms. The van der Waals surface area contributed by atoms with E-state index in [1.54, 1.807) is 30.3 Å². The molecule has 0 radical (unpaired) electrons. The van der Waals surface area contributed by atoms with Crippen molar-refractivity contribution in [1.29, 1.82) is 5.26 Å². The third-order valence-electron chi connectivity index (χ3n) is 2.04. The van der Waals surface area contributed by atoms with Gasteiger partial charge in [0.25, 0.3) is 0 Å². The normalized spacial score (nSPS) is 10.9. The minimum absolute atomic E-state index is 0.0844. The number of hydrogen-bond acceptors (Lipinski definition) is 2. The second-order valence-electron chi connectivity index (χ2n) is 3.40. The summed E-state index contributed by atoms with van der Waals surface area (Å²) in [5.74, 6) is 0. The quantitative estimate of drug-likeness (QED) is 0.723. The molecule has 0 heterocycles. The molecule has 0 amide bonds. The molecule has 0 bridgehead atoms. The summed E-state index contributed by atoms with van der Waals surface area (Å²) in [5, 5.41) is 8.41. The molecule has 1 aromatic rings. The van der Waals surface area contributed by atoms with Crippen molar-refractivity contribution in [2.45, 2.75) is 6.42 Å². The summed E-state index contributed by atoms with van der Waals surface area (Å²) in [7, 11) is 0. The molecule has 0 aromatic heterocycles. The van der Waals surface area contributed by atoms with E-state index in [2.05, 4.69) is 0 Å². The Hall–Kier alpha value is -1.64. The Kier molecular flexibility index (Phi) is 4.23. The van der Waals surface area contributed by atoms with Gasteiger partial charge in [0.2, 0.25) is 0 Å². The highest BCUT2D eigenvalue weighted by atomic mass is 19.4. The van der Waals surface area contributed by atoms with Crippen LogP contribution < -0.4 is 4.90 Å². The Morgan fingerprint density at radius 3 is 2.31 bits per heavy atom. The highest BCUT2D eigenvalue weighted by Gasteiger charge is 2.26. The predicted molar refractivity (Wildman–Crippen MR) is 58.0 cm³/mol. The Morgan fingerprint density at radius 1 is 1.19 bits per heavy atom. The van der Waals surface area contributed by atoms with Gasteiger partial charge in [-0.05, 0) is 18.6 Å². The van der Waals surface area contributed by atoms with Crippen LogP contribution in [0.1, 0.15) is 6.42 Å². The molecule has 0 fully saturated rings. The molecule has 1 aromatic carbocycles. The van der Waals surface area contributed by atoms with E-state index in [0.29, 0.717) is 5.69 Å². The van der Waals surface area contributed by atoms with E-state index in [1.165, 1.54) is 4.90 Å². The molecule has 86 valence electrons. The maximum absolute atomic E-state index is 12.4. The maximum atomic E-state index is 12.4. The number of nitriles is 1. The molecule has 0 saturated carbocycles. The molecule has 2 nitrogen and oxygen atoms in total. The molecule has 0 unspecified atom stereocenters. The number of rotatable bonds is 5. The minimum Gasteiger partial charge on any atom is -0.448 e. The van der Waals surface area contributed by atoms with Gasteiger partial charge in [0.15, 0.2) is 0 Å². The van der Waals surface area contributed by atoms with Gasteiger partial charge >= 0.3 is 6.98 Å². The van der Waals surface area contributed by atoms with Gasteiger partial charge in [-0.15, -0.1) is 0 Å². The molecule has 0 atom stereocenters. The molecule has 0 aliphatic carbocycles. The third-order valence-corrected chi connectivity index (χ3v) is 2.04. The summed E-state index contributed by atoms with van der Waals surface area (Å²) in [5.41, 5.74) is 0.497. The van der Waals surface area contributed by atoms with Gasteiger partial charge in [0.1, 0.15) is 0 Å². The Morgan fingerprint density at radius 2 is 1.81 bits per heavy atom. The van der Waals surface area contributed by atoms with Crippen LogP contribution in [0, 0.1) is 11.3 Å². The lowest BCUT2D eigenvalue weighted by molar-refractivity contribution is 0.467. The van der Waals surface area contributed by atoms with E-state index < -0.39 is 13.4 Å². The van der Waals surface area contributed by atoms with Gasteiger partial charge in [-0.25, -0.2) is 0 Å². The van der Waals surface area contributed by atoms with Crippen LogP contribution in [-0.2, 0) is 0 Å². The smallest absolute Gasteiger partial charge is 0.448 e. The Labute approximate surface area is 92.3 Å². The van der Waals surface area contributed by atoms with Gasteiger partial charge in [-0.1, -0.05) is 18.2 Å². The van der Waals surface area contributed by atoms with Crippen LogP contribution in [0.5, 0.6) is 0 Å². The van der Waals surface area contributed by atoms with Crippen LogP contribution in [0.25, 0.3) is 0 Å². The molecule has 0 saturated heterocycles. The zero-order valence-corrected chi connectivity index (χ0v) is 8.61. The molecular formula is C10H11BF3N2-. The SMILES string of the molecule is N#CCCN(C[B-](F)(F)F)c1ccccc1. The lowest BCUT2D eigenvalue weighted by atomic mass is 9.90. The number of para-hydroxylation sites is 1. The molecule has 0 N–H and O–H groups in total. The van der Waals surface area contributed by atoms with Crippen LogP contribution in [0.15, 0.2) is 30.3 Å². The van der Waals surface area contributed by atoms with Gasteiger partial charge in [0.05, 0.1) is 12.5 Å². The van der Waals surface area contributed by atoms with Crippen molar-refractivity contribution in [3.8, 4) is 6.07 Å². The van der Waals surface area contributed by atoms with Crippen molar-refractivity contribution in [3.05, 3.63) is 30.3 Å². The Balaban J connectivity index is 2.76. The van der Waals surface area contributed by atoms with E-state index in [0.717, 1.165) is 0 Å². The second kappa shape index (κ2) is 5.45. The summed E-state index contributed by atoms with van der Waals surface area (Å²) >= 11 is 0. The first kappa shape index (κ1) is 12.4. The Bertz CT molecular complexity index is 359. The van der Waals surface area contributed by atoms with Crippen molar-refractivity contribution in [2.24, 2.45) is 0 Å². The zero-order valence-electron chi connectivity index (χ0n) is 8.61. The van der Waals surface area contributed by atoms with E-state index >= 15 is 0 Å². The van der Waals surface area contributed by atoms with E-state index in [-0.39, 0.29) is 13.0 Å². The van der Waals surface area contributed by atoms with E-state index in [1.807, 2.05) is 6.07 Å². The van der Waals surface area contributed by atoms with Crippen LogP contribution >= 0.6 is 0 Å². The highest BCUT2D eigenvalue weighted by Crippen LogP contribution is 2.18. The molecule has 6 heteroatoms. The van der Waals surface area contributed by atoms with E-state index in [4.69, 9.17) is 5.26 Å². The van der Waals surface area contributed by atoms with Crippen molar-refractivity contribution in [1.82, 2.24) is 0 Å². The molecule has 0 spiro atoms. The van der Waals surface area contributed by atoms with Crippen molar-refractivity contribution >= 4 is 12.7 Å². The van der Waals surface area contributed by atoms with Gasteiger partial charge < -0.3 is 17.8 Å². The summed E-state index contributed by atoms with van der Waals surface area (Å²) in [6, 6.07) is 10.2. The summed E-state index contributed by atoms with van der Waals surface area (Å²) in [6.07, 6.45) is -0.882. The number of halogens is 3. The largest absolute Gasteiger partial charge is 0.497 e. The topological polar surface area (TPSA) is 27.0 Å². The third kappa shape index (κ3) is 4.26. The molecular weight excluding hydrogens is 216 g/mol. The standard InChI is InChI=1S/C10H11BF3N2/c12-11(13,14)9-16(8-4-7-15)10-5-2-1-3-6-10/h1-3,5-6H,4,8-9H2/q-1. The van der Waals surface area contributed by atoms with Crippen molar-refractivity contribution in [2.75, 3.05) is 17.9 Å². The monoisotopic (exact) mass is 227 g/mol. The van der Waals surface area contributed by atoms with Crippen LogP contribution in [0.4, 0.5) is 18.6 Å². The first-order valence-corrected chi connectivity index (χ1v) is 4.91. The van der Waals surface area contributed by atoms with Gasteiger partial charge in [-0.2, -0.15) is 5.26 Å². The lowest BCUT2D eigenvalue weighted by Gasteiger charge is -2.29. The highest BCUT2D eigenvalue weighted by molar-refractivity contribution is 6.59. The van der Waals surface area contributed by atoms with Gasteiger partial charge in [0, 0.05) is 12.2 Å².